The molecule has 1 N–H and O–H groups in total. The van der Waals surface area contributed by atoms with E-state index in [0.717, 1.165) is 23.6 Å². The lowest BCUT2D eigenvalue weighted by molar-refractivity contribution is 0.563. The van der Waals surface area contributed by atoms with Gasteiger partial charge in [0.05, 0.1) is 36.2 Å². The lowest BCUT2D eigenvalue weighted by Gasteiger charge is -2.10. The largest absolute Gasteiger partial charge is 0.327 e. The molecule has 2 aromatic heterocycles. The molecular weight excluding hydrogens is 226 g/mol. The Kier molecular flexibility index (Phi) is 4.04. The minimum Gasteiger partial charge on any atom is -0.327 e. The molecule has 0 radical (unpaired) electrons. The highest BCUT2D eigenvalue weighted by Crippen LogP contribution is 2.04. The SMILES string of the molecule is Cc1cnc(Cn2cncc2CNC(C)C)cn1. The van der Waals surface area contributed by atoms with Gasteiger partial charge in [0.15, 0.2) is 0 Å². The Labute approximate surface area is 107 Å². The Hall–Kier alpha value is -1.75. The summed E-state index contributed by atoms with van der Waals surface area (Å²) in [5.74, 6) is 0. The minimum absolute atomic E-state index is 0.465. The molecule has 5 nitrogen and oxygen atoms in total. The number of aromatic nitrogens is 4. The molecule has 0 unspecified atom stereocenters. The fourth-order valence-corrected chi connectivity index (χ4v) is 1.62. The van der Waals surface area contributed by atoms with E-state index < -0.39 is 0 Å². The molecular formula is C13H19N5. The molecule has 0 aliphatic rings. The zero-order valence-electron chi connectivity index (χ0n) is 11.1. The molecule has 0 saturated heterocycles. The molecule has 96 valence electrons. The zero-order valence-corrected chi connectivity index (χ0v) is 11.1. The first kappa shape index (κ1) is 12.7. The van der Waals surface area contributed by atoms with Crippen LogP contribution in [0.25, 0.3) is 0 Å². The second kappa shape index (κ2) is 5.73. The van der Waals surface area contributed by atoms with Crippen molar-refractivity contribution in [2.45, 2.75) is 39.9 Å². The second-order valence-corrected chi connectivity index (χ2v) is 4.70. The molecule has 0 amide bonds. The average molecular weight is 245 g/mol. The van der Waals surface area contributed by atoms with Gasteiger partial charge in [-0.2, -0.15) is 0 Å². The molecule has 2 aromatic rings. The lowest BCUT2D eigenvalue weighted by Crippen LogP contribution is -2.23. The number of aryl methyl sites for hydroxylation is 1. The highest BCUT2D eigenvalue weighted by atomic mass is 15.1. The smallest absolute Gasteiger partial charge is 0.0952 e. The van der Waals surface area contributed by atoms with Gasteiger partial charge in [0.25, 0.3) is 0 Å². The Bertz CT molecular complexity index is 486. The van der Waals surface area contributed by atoms with Gasteiger partial charge in [0.2, 0.25) is 0 Å². The molecule has 2 heterocycles. The number of imidazole rings is 1. The maximum atomic E-state index is 4.36. The quantitative estimate of drug-likeness (QED) is 0.868. The van der Waals surface area contributed by atoms with Crippen LogP contribution in [0.2, 0.25) is 0 Å². The summed E-state index contributed by atoms with van der Waals surface area (Å²) in [6.45, 7) is 7.73. The Morgan fingerprint density at radius 1 is 1.22 bits per heavy atom. The van der Waals surface area contributed by atoms with Crippen molar-refractivity contribution in [1.82, 2.24) is 24.8 Å². The first-order valence-electron chi connectivity index (χ1n) is 6.15. The summed E-state index contributed by atoms with van der Waals surface area (Å²) in [7, 11) is 0. The van der Waals surface area contributed by atoms with Crippen LogP contribution in [0.15, 0.2) is 24.9 Å². The number of hydrogen-bond acceptors (Lipinski definition) is 4. The zero-order chi connectivity index (χ0) is 13.0. The summed E-state index contributed by atoms with van der Waals surface area (Å²) in [6, 6.07) is 0.465. The highest BCUT2D eigenvalue weighted by molar-refractivity contribution is 5.05. The highest BCUT2D eigenvalue weighted by Gasteiger charge is 2.04. The van der Waals surface area contributed by atoms with E-state index in [2.05, 4.69) is 38.7 Å². The third kappa shape index (κ3) is 3.37. The topological polar surface area (TPSA) is 55.6 Å². The fourth-order valence-electron chi connectivity index (χ4n) is 1.62. The van der Waals surface area contributed by atoms with Crippen LogP contribution < -0.4 is 5.32 Å². The number of rotatable bonds is 5. The van der Waals surface area contributed by atoms with E-state index in [9.17, 15) is 0 Å². The second-order valence-electron chi connectivity index (χ2n) is 4.70. The molecule has 0 atom stereocenters. The van der Waals surface area contributed by atoms with E-state index >= 15 is 0 Å². The third-order valence-electron chi connectivity index (χ3n) is 2.66. The molecule has 2 rings (SSSR count). The first-order valence-corrected chi connectivity index (χ1v) is 6.15. The van der Waals surface area contributed by atoms with Crippen molar-refractivity contribution in [3.63, 3.8) is 0 Å². The Morgan fingerprint density at radius 3 is 2.72 bits per heavy atom. The van der Waals surface area contributed by atoms with E-state index in [1.54, 1.807) is 6.20 Å². The predicted molar refractivity (Wildman–Crippen MR) is 70.1 cm³/mol. The van der Waals surface area contributed by atoms with Gasteiger partial charge in [-0.3, -0.25) is 9.97 Å². The first-order chi connectivity index (χ1) is 8.65. The van der Waals surface area contributed by atoms with Crippen molar-refractivity contribution in [2.75, 3.05) is 0 Å². The van der Waals surface area contributed by atoms with Crippen LogP contribution in [-0.2, 0) is 13.1 Å². The van der Waals surface area contributed by atoms with Gasteiger partial charge >= 0.3 is 0 Å². The van der Waals surface area contributed by atoms with Gasteiger partial charge in [-0.15, -0.1) is 0 Å². The predicted octanol–water partition coefficient (Wildman–Crippen LogP) is 1.53. The van der Waals surface area contributed by atoms with Crippen molar-refractivity contribution >= 4 is 0 Å². The van der Waals surface area contributed by atoms with Crippen LogP contribution in [0.1, 0.15) is 30.9 Å². The fraction of sp³-hybridized carbons (Fsp3) is 0.462. The van der Waals surface area contributed by atoms with Crippen molar-refractivity contribution in [2.24, 2.45) is 0 Å². The molecule has 0 fully saturated rings. The van der Waals surface area contributed by atoms with Gasteiger partial charge < -0.3 is 9.88 Å². The summed E-state index contributed by atoms with van der Waals surface area (Å²) in [4.78, 5) is 12.8. The number of nitrogens with one attached hydrogen (secondary N) is 1. The van der Waals surface area contributed by atoms with Crippen LogP contribution in [0, 0.1) is 6.92 Å². The van der Waals surface area contributed by atoms with Crippen molar-refractivity contribution in [3.05, 3.63) is 42.0 Å². The van der Waals surface area contributed by atoms with Crippen molar-refractivity contribution in [3.8, 4) is 0 Å². The van der Waals surface area contributed by atoms with E-state index in [4.69, 9.17) is 0 Å². The Morgan fingerprint density at radius 2 is 2.06 bits per heavy atom. The van der Waals surface area contributed by atoms with E-state index in [-0.39, 0.29) is 0 Å². The van der Waals surface area contributed by atoms with Gasteiger partial charge in [-0.1, -0.05) is 13.8 Å². The van der Waals surface area contributed by atoms with Crippen LogP contribution >= 0.6 is 0 Å². The summed E-state index contributed by atoms with van der Waals surface area (Å²) in [5, 5.41) is 3.39. The van der Waals surface area contributed by atoms with Gasteiger partial charge in [-0.05, 0) is 6.92 Å². The standard InChI is InChI=1S/C13H19N5/c1-10(2)15-7-13-6-14-9-18(13)8-12-5-16-11(3)4-17-12/h4-6,9-10,15H,7-8H2,1-3H3. The molecule has 5 heteroatoms. The third-order valence-corrected chi connectivity index (χ3v) is 2.66. The maximum Gasteiger partial charge on any atom is 0.0952 e. The molecule has 18 heavy (non-hydrogen) atoms. The minimum atomic E-state index is 0.465. The van der Waals surface area contributed by atoms with Crippen molar-refractivity contribution in [1.29, 1.82) is 0 Å². The molecule has 0 spiro atoms. The molecule has 0 aliphatic heterocycles. The van der Waals surface area contributed by atoms with E-state index in [0.29, 0.717) is 12.6 Å². The Balaban J connectivity index is 2.05. The normalized spacial score (nSPS) is 11.1. The molecule has 0 saturated carbocycles. The lowest BCUT2D eigenvalue weighted by atomic mass is 10.3. The van der Waals surface area contributed by atoms with Crippen LogP contribution in [-0.4, -0.2) is 25.6 Å². The van der Waals surface area contributed by atoms with Gasteiger partial charge in [-0.25, -0.2) is 4.98 Å². The van der Waals surface area contributed by atoms with E-state index in [1.165, 1.54) is 0 Å². The van der Waals surface area contributed by atoms with Gasteiger partial charge in [0.1, 0.15) is 0 Å². The molecule has 0 bridgehead atoms. The van der Waals surface area contributed by atoms with Crippen LogP contribution in [0.3, 0.4) is 0 Å². The molecule has 0 aliphatic carbocycles. The maximum absolute atomic E-state index is 4.36. The van der Waals surface area contributed by atoms with Crippen molar-refractivity contribution < 1.29 is 0 Å². The van der Waals surface area contributed by atoms with Crippen LogP contribution in [0.4, 0.5) is 0 Å². The average Bonchev–Trinajstić information content (AvgIpc) is 2.77. The van der Waals surface area contributed by atoms with Gasteiger partial charge in [0, 0.05) is 25.0 Å². The number of hydrogen-bond donors (Lipinski definition) is 1. The summed E-state index contributed by atoms with van der Waals surface area (Å²) in [6.07, 6.45) is 7.32. The summed E-state index contributed by atoms with van der Waals surface area (Å²) in [5.41, 5.74) is 3.04. The monoisotopic (exact) mass is 245 g/mol. The number of nitrogens with zero attached hydrogens (tertiary/aromatic N) is 4. The summed E-state index contributed by atoms with van der Waals surface area (Å²) >= 11 is 0. The summed E-state index contributed by atoms with van der Waals surface area (Å²) < 4.78 is 2.09. The molecule has 0 aromatic carbocycles. The van der Waals surface area contributed by atoms with Crippen LogP contribution in [0.5, 0.6) is 0 Å². The van der Waals surface area contributed by atoms with E-state index in [1.807, 2.05) is 25.6 Å².